The predicted octanol–water partition coefficient (Wildman–Crippen LogP) is 2.57. The molecule has 2 aromatic rings. The van der Waals surface area contributed by atoms with Gasteiger partial charge in [0, 0.05) is 5.69 Å². The minimum atomic E-state index is -0.110. The van der Waals surface area contributed by atoms with Crippen molar-refractivity contribution in [3.8, 4) is 5.75 Å². The molecular weight excluding hydrogens is 268 g/mol. The summed E-state index contributed by atoms with van der Waals surface area (Å²) in [5.74, 6) is 1.43. The lowest BCUT2D eigenvalue weighted by Crippen LogP contribution is -2.27. The number of hydrogen-bond acceptors (Lipinski definition) is 4. The Bertz CT molecular complexity index is 562. The molecule has 2 rings (SSSR count). The molecule has 0 aliphatic heterocycles. The zero-order valence-corrected chi connectivity index (χ0v) is 11.7. The van der Waals surface area contributed by atoms with Crippen molar-refractivity contribution in [2.24, 2.45) is 0 Å². The second-order valence-corrected chi connectivity index (χ2v) is 4.36. The summed E-state index contributed by atoms with van der Waals surface area (Å²) in [4.78, 5) is 11.7. The van der Waals surface area contributed by atoms with Crippen LogP contribution in [0, 0.1) is 0 Å². The van der Waals surface area contributed by atoms with Crippen molar-refractivity contribution in [3.63, 3.8) is 0 Å². The second kappa shape index (κ2) is 7.91. The molecule has 1 heterocycles. The molecule has 0 saturated carbocycles. The highest BCUT2D eigenvalue weighted by atomic mass is 16.5. The first-order valence-corrected chi connectivity index (χ1v) is 6.64. The van der Waals surface area contributed by atoms with Gasteiger partial charge in [-0.1, -0.05) is 12.7 Å². The van der Waals surface area contributed by atoms with E-state index in [9.17, 15) is 4.79 Å². The summed E-state index contributed by atoms with van der Waals surface area (Å²) in [6, 6.07) is 10.9. The summed E-state index contributed by atoms with van der Waals surface area (Å²) in [7, 11) is 0. The number of carbonyl (C=O) groups excluding carboxylic acids is 1. The van der Waals surface area contributed by atoms with Gasteiger partial charge < -0.3 is 19.8 Å². The fraction of sp³-hybridized carbons (Fsp3) is 0.188. The zero-order valence-electron chi connectivity index (χ0n) is 11.7. The van der Waals surface area contributed by atoms with Crippen LogP contribution < -0.4 is 15.4 Å². The van der Waals surface area contributed by atoms with Crippen LogP contribution in [0.1, 0.15) is 5.76 Å². The van der Waals surface area contributed by atoms with Crippen LogP contribution in [0.4, 0.5) is 5.69 Å². The van der Waals surface area contributed by atoms with E-state index in [4.69, 9.17) is 9.15 Å². The van der Waals surface area contributed by atoms with Crippen LogP contribution in [0.3, 0.4) is 0 Å². The monoisotopic (exact) mass is 286 g/mol. The number of carbonyl (C=O) groups is 1. The summed E-state index contributed by atoms with van der Waals surface area (Å²) >= 11 is 0. The highest BCUT2D eigenvalue weighted by Crippen LogP contribution is 2.15. The smallest absolute Gasteiger partial charge is 0.238 e. The van der Waals surface area contributed by atoms with Crippen LogP contribution >= 0.6 is 0 Å². The van der Waals surface area contributed by atoms with E-state index in [2.05, 4.69) is 17.2 Å². The fourth-order valence-electron chi connectivity index (χ4n) is 1.71. The van der Waals surface area contributed by atoms with Crippen LogP contribution in [0.2, 0.25) is 0 Å². The van der Waals surface area contributed by atoms with Crippen molar-refractivity contribution in [1.82, 2.24) is 5.32 Å². The quantitative estimate of drug-likeness (QED) is 0.732. The standard InChI is InChI=1S/C16H18N2O3/c1-2-9-20-14-7-5-13(6-8-14)18-16(19)12-17-11-15-4-3-10-21-15/h2-8,10,17H,1,9,11-12H2,(H,18,19). The van der Waals surface area contributed by atoms with E-state index >= 15 is 0 Å². The van der Waals surface area contributed by atoms with Crippen molar-refractivity contribution >= 4 is 11.6 Å². The van der Waals surface area contributed by atoms with Gasteiger partial charge in [0.2, 0.25) is 5.91 Å². The van der Waals surface area contributed by atoms with E-state index in [1.165, 1.54) is 0 Å². The molecule has 0 aliphatic carbocycles. The average molecular weight is 286 g/mol. The van der Waals surface area contributed by atoms with Crippen LogP contribution in [-0.4, -0.2) is 19.1 Å². The molecule has 5 nitrogen and oxygen atoms in total. The summed E-state index contributed by atoms with van der Waals surface area (Å²) in [5.41, 5.74) is 0.728. The maximum Gasteiger partial charge on any atom is 0.238 e. The Morgan fingerprint density at radius 2 is 2.10 bits per heavy atom. The minimum Gasteiger partial charge on any atom is -0.490 e. The Balaban J connectivity index is 1.72. The minimum absolute atomic E-state index is 0.110. The zero-order chi connectivity index (χ0) is 14.9. The third kappa shape index (κ3) is 5.16. The summed E-state index contributed by atoms with van der Waals surface area (Å²) in [5, 5.41) is 5.80. The molecule has 0 atom stereocenters. The maximum atomic E-state index is 11.7. The molecule has 0 unspecified atom stereocenters. The molecule has 1 amide bonds. The highest BCUT2D eigenvalue weighted by Gasteiger charge is 2.03. The second-order valence-electron chi connectivity index (χ2n) is 4.36. The van der Waals surface area contributed by atoms with Gasteiger partial charge in [-0.05, 0) is 36.4 Å². The Hall–Kier alpha value is -2.53. The molecule has 0 bridgehead atoms. The van der Waals surface area contributed by atoms with Crippen molar-refractivity contribution in [2.45, 2.75) is 6.54 Å². The number of rotatable bonds is 8. The third-order valence-electron chi connectivity index (χ3n) is 2.67. The van der Waals surface area contributed by atoms with E-state index in [-0.39, 0.29) is 12.5 Å². The fourth-order valence-corrected chi connectivity index (χ4v) is 1.71. The molecule has 0 aliphatic rings. The average Bonchev–Trinajstić information content (AvgIpc) is 3.00. The lowest BCUT2D eigenvalue weighted by atomic mass is 10.3. The first kappa shape index (κ1) is 14.9. The van der Waals surface area contributed by atoms with Gasteiger partial charge in [0.05, 0.1) is 19.4 Å². The Labute approximate surface area is 123 Å². The first-order valence-electron chi connectivity index (χ1n) is 6.64. The number of benzene rings is 1. The summed E-state index contributed by atoms with van der Waals surface area (Å²) in [6.07, 6.45) is 3.29. The van der Waals surface area contributed by atoms with Gasteiger partial charge >= 0.3 is 0 Å². The van der Waals surface area contributed by atoms with Gasteiger partial charge in [0.1, 0.15) is 18.1 Å². The van der Waals surface area contributed by atoms with Gasteiger partial charge in [-0.3, -0.25) is 4.79 Å². The van der Waals surface area contributed by atoms with Crippen LogP contribution in [0.25, 0.3) is 0 Å². The lowest BCUT2D eigenvalue weighted by molar-refractivity contribution is -0.115. The number of anilines is 1. The Morgan fingerprint density at radius 3 is 2.76 bits per heavy atom. The number of ether oxygens (including phenoxy) is 1. The molecular formula is C16H18N2O3. The molecule has 5 heteroatoms. The summed E-state index contributed by atoms with van der Waals surface area (Å²) in [6.45, 7) is 4.78. The van der Waals surface area contributed by atoms with Crippen molar-refractivity contribution in [2.75, 3.05) is 18.5 Å². The largest absolute Gasteiger partial charge is 0.490 e. The van der Waals surface area contributed by atoms with E-state index in [0.717, 1.165) is 17.2 Å². The van der Waals surface area contributed by atoms with Crippen LogP contribution in [0.5, 0.6) is 5.75 Å². The molecule has 0 radical (unpaired) electrons. The topological polar surface area (TPSA) is 63.5 Å². The predicted molar refractivity (Wildman–Crippen MR) is 81.2 cm³/mol. The number of amides is 1. The van der Waals surface area contributed by atoms with Gasteiger partial charge in [-0.2, -0.15) is 0 Å². The molecule has 0 fully saturated rings. The molecule has 110 valence electrons. The van der Waals surface area contributed by atoms with Gasteiger partial charge in [0.15, 0.2) is 0 Å². The third-order valence-corrected chi connectivity index (χ3v) is 2.67. The van der Waals surface area contributed by atoms with E-state index in [0.29, 0.717) is 13.2 Å². The maximum absolute atomic E-state index is 11.7. The molecule has 0 spiro atoms. The Morgan fingerprint density at radius 1 is 1.29 bits per heavy atom. The first-order chi connectivity index (χ1) is 10.3. The van der Waals surface area contributed by atoms with Crippen molar-refractivity contribution in [3.05, 3.63) is 61.1 Å². The summed E-state index contributed by atoms with van der Waals surface area (Å²) < 4.78 is 10.5. The van der Waals surface area contributed by atoms with Crippen molar-refractivity contribution < 1.29 is 13.9 Å². The van der Waals surface area contributed by atoms with E-state index in [1.807, 2.05) is 12.1 Å². The molecule has 1 aromatic heterocycles. The highest BCUT2D eigenvalue weighted by molar-refractivity contribution is 5.92. The Kier molecular flexibility index (Phi) is 5.60. The molecule has 2 N–H and O–H groups in total. The van der Waals surface area contributed by atoms with E-state index in [1.54, 1.807) is 36.6 Å². The van der Waals surface area contributed by atoms with Crippen molar-refractivity contribution in [1.29, 1.82) is 0 Å². The SMILES string of the molecule is C=CCOc1ccc(NC(=O)CNCc2ccco2)cc1. The number of furan rings is 1. The lowest BCUT2D eigenvalue weighted by Gasteiger charge is -2.07. The molecule has 0 saturated heterocycles. The molecule has 21 heavy (non-hydrogen) atoms. The van der Waals surface area contributed by atoms with E-state index < -0.39 is 0 Å². The van der Waals surface area contributed by atoms with Crippen LogP contribution in [0.15, 0.2) is 59.7 Å². The van der Waals surface area contributed by atoms with Gasteiger partial charge in [-0.15, -0.1) is 0 Å². The van der Waals surface area contributed by atoms with Gasteiger partial charge in [-0.25, -0.2) is 0 Å². The van der Waals surface area contributed by atoms with Gasteiger partial charge in [0.25, 0.3) is 0 Å². The number of hydrogen-bond donors (Lipinski definition) is 2. The normalized spacial score (nSPS) is 10.1. The molecule has 1 aromatic carbocycles. The number of nitrogens with one attached hydrogen (secondary N) is 2. The van der Waals surface area contributed by atoms with Crippen LogP contribution in [-0.2, 0) is 11.3 Å².